The third kappa shape index (κ3) is 4.66. The topological polar surface area (TPSA) is 26.3 Å². The molecule has 23 heavy (non-hydrogen) atoms. The highest BCUT2D eigenvalue weighted by molar-refractivity contribution is 6.31. The summed E-state index contributed by atoms with van der Waals surface area (Å²) in [6, 6.07) is 0. The molecule has 5 heteroatoms. The van der Waals surface area contributed by atoms with Gasteiger partial charge in [-0.25, -0.2) is 8.78 Å². The molecule has 1 rings (SSSR count). The van der Waals surface area contributed by atoms with Gasteiger partial charge < -0.3 is 4.74 Å². The molecule has 0 bridgehead atoms. The van der Waals surface area contributed by atoms with E-state index in [-0.39, 0.29) is 29.4 Å². The Morgan fingerprint density at radius 2 is 1.43 bits per heavy atom. The zero-order chi connectivity index (χ0) is 18.1. The fraction of sp³-hybridized carbons (Fsp3) is 0.611. The SMILES string of the molecule is CC(C)c1c(F)c(Cl)c(F)c(C(C)C)c1CC(=O)OC(C)(C)C. The number of benzene rings is 1. The normalized spacial score (nSPS) is 12.2. The van der Waals surface area contributed by atoms with Gasteiger partial charge in [0.2, 0.25) is 0 Å². The van der Waals surface area contributed by atoms with E-state index in [0.717, 1.165) is 0 Å². The second kappa shape index (κ2) is 7.16. The number of ether oxygens (including phenoxy) is 1. The third-order valence-corrected chi connectivity index (χ3v) is 3.74. The predicted octanol–water partition coefficient (Wildman–Crippen LogP) is 5.75. The van der Waals surface area contributed by atoms with Crippen molar-refractivity contribution in [2.24, 2.45) is 0 Å². The average molecular weight is 347 g/mol. The summed E-state index contributed by atoms with van der Waals surface area (Å²) in [7, 11) is 0. The lowest BCUT2D eigenvalue weighted by atomic mass is 9.86. The summed E-state index contributed by atoms with van der Waals surface area (Å²) < 4.78 is 34.3. The van der Waals surface area contributed by atoms with E-state index in [0.29, 0.717) is 5.56 Å². The average Bonchev–Trinajstić information content (AvgIpc) is 2.32. The molecule has 0 N–H and O–H groups in total. The summed E-state index contributed by atoms with van der Waals surface area (Å²) in [5, 5.41) is -0.509. The van der Waals surface area contributed by atoms with Crippen LogP contribution in [0.1, 0.15) is 77.0 Å². The van der Waals surface area contributed by atoms with Gasteiger partial charge in [0, 0.05) is 0 Å². The van der Waals surface area contributed by atoms with Crippen LogP contribution < -0.4 is 0 Å². The first-order chi connectivity index (χ1) is 10.4. The van der Waals surface area contributed by atoms with Gasteiger partial charge >= 0.3 is 5.97 Å². The Labute approximate surface area is 142 Å². The van der Waals surface area contributed by atoms with E-state index in [9.17, 15) is 13.6 Å². The van der Waals surface area contributed by atoms with E-state index in [4.69, 9.17) is 16.3 Å². The van der Waals surface area contributed by atoms with Gasteiger partial charge in [-0.15, -0.1) is 0 Å². The maximum absolute atomic E-state index is 14.5. The molecule has 0 radical (unpaired) electrons. The van der Waals surface area contributed by atoms with Crippen molar-refractivity contribution in [3.63, 3.8) is 0 Å². The lowest BCUT2D eigenvalue weighted by Crippen LogP contribution is -2.26. The number of rotatable bonds is 4. The molecular formula is C18H25ClF2O2. The van der Waals surface area contributed by atoms with Crippen LogP contribution in [0, 0.1) is 11.6 Å². The molecule has 0 saturated carbocycles. The summed E-state index contributed by atoms with van der Waals surface area (Å²) >= 11 is 5.82. The minimum absolute atomic E-state index is 0.177. The number of hydrogen-bond acceptors (Lipinski definition) is 2. The molecule has 0 aliphatic heterocycles. The van der Waals surface area contributed by atoms with E-state index in [1.54, 1.807) is 48.5 Å². The summed E-state index contributed by atoms with van der Waals surface area (Å²) in [5.74, 6) is -2.56. The second-order valence-electron chi connectivity index (χ2n) is 7.32. The van der Waals surface area contributed by atoms with Gasteiger partial charge in [-0.05, 0) is 49.3 Å². The Kier molecular flexibility index (Phi) is 6.19. The minimum Gasteiger partial charge on any atom is -0.460 e. The molecule has 0 saturated heterocycles. The summed E-state index contributed by atoms with van der Waals surface area (Å²) in [6.45, 7) is 12.4. The largest absolute Gasteiger partial charge is 0.460 e. The lowest BCUT2D eigenvalue weighted by Gasteiger charge is -2.24. The van der Waals surface area contributed by atoms with Crippen LogP contribution in [0.4, 0.5) is 8.78 Å². The van der Waals surface area contributed by atoms with Gasteiger partial charge in [-0.3, -0.25) is 4.79 Å². The highest BCUT2D eigenvalue weighted by Crippen LogP contribution is 2.37. The first kappa shape index (κ1) is 19.9. The Balaban J connectivity index is 3.51. The highest BCUT2D eigenvalue weighted by atomic mass is 35.5. The smallest absolute Gasteiger partial charge is 0.310 e. The van der Waals surface area contributed by atoms with Crippen LogP contribution in [0.2, 0.25) is 5.02 Å². The number of esters is 1. The molecule has 0 aliphatic rings. The molecule has 0 fully saturated rings. The molecule has 0 aliphatic carbocycles. The van der Waals surface area contributed by atoms with Crippen LogP contribution in [0.25, 0.3) is 0 Å². The van der Waals surface area contributed by atoms with Gasteiger partial charge in [0.15, 0.2) is 0 Å². The van der Waals surface area contributed by atoms with Crippen molar-refractivity contribution in [3.8, 4) is 0 Å². The van der Waals surface area contributed by atoms with Gasteiger partial charge in [0.25, 0.3) is 0 Å². The quantitative estimate of drug-likeness (QED) is 0.512. The molecule has 1 aromatic rings. The Bertz CT molecular complexity index is 567. The predicted molar refractivity (Wildman–Crippen MR) is 89.1 cm³/mol. The van der Waals surface area contributed by atoms with Crippen LogP contribution in [0.15, 0.2) is 0 Å². The Morgan fingerprint density at radius 3 is 1.74 bits per heavy atom. The van der Waals surface area contributed by atoms with Crippen LogP contribution in [-0.4, -0.2) is 11.6 Å². The number of carbonyl (C=O) groups is 1. The molecule has 2 nitrogen and oxygen atoms in total. The molecule has 0 heterocycles. The first-order valence-electron chi connectivity index (χ1n) is 7.77. The van der Waals surface area contributed by atoms with Crippen molar-refractivity contribution >= 4 is 17.6 Å². The number of carbonyl (C=O) groups excluding carboxylic acids is 1. The van der Waals surface area contributed by atoms with Gasteiger partial charge in [0.1, 0.15) is 22.3 Å². The van der Waals surface area contributed by atoms with Crippen LogP contribution in [-0.2, 0) is 16.0 Å². The maximum Gasteiger partial charge on any atom is 0.310 e. The van der Waals surface area contributed by atoms with Crippen LogP contribution in [0.5, 0.6) is 0 Å². The molecule has 0 aromatic heterocycles. The Morgan fingerprint density at radius 1 is 1.04 bits per heavy atom. The first-order valence-corrected chi connectivity index (χ1v) is 8.15. The fourth-order valence-electron chi connectivity index (χ4n) is 2.66. The molecule has 1 aromatic carbocycles. The lowest BCUT2D eigenvalue weighted by molar-refractivity contribution is -0.153. The standard InChI is InChI=1S/C18H25ClF2O2/c1-9(2)13-11(8-12(22)23-18(5,6)7)14(10(3)4)17(21)15(19)16(13)20/h9-10H,8H2,1-7H3. The molecule has 0 amide bonds. The van der Waals surface area contributed by atoms with Crippen LogP contribution in [0.3, 0.4) is 0 Å². The van der Waals surface area contributed by atoms with Crippen molar-refractivity contribution in [2.45, 2.75) is 72.3 Å². The zero-order valence-corrected chi connectivity index (χ0v) is 15.6. The minimum atomic E-state index is -0.790. The van der Waals surface area contributed by atoms with Crippen molar-refractivity contribution in [2.75, 3.05) is 0 Å². The summed E-state index contributed by atoms with van der Waals surface area (Å²) in [5.41, 5.74) is 0.261. The van der Waals surface area contributed by atoms with E-state index in [1.807, 2.05) is 0 Å². The third-order valence-electron chi connectivity index (χ3n) is 3.40. The molecule has 130 valence electrons. The molecule has 0 atom stereocenters. The van der Waals surface area contributed by atoms with E-state index in [2.05, 4.69) is 0 Å². The monoisotopic (exact) mass is 346 g/mol. The van der Waals surface area contributed by atoms with Crippen molar-refractivity contribution in [1.82, 2.24) is 0 Å². The van der Waals surface area contributed by atoms with Gasteiger partial charge in [-0.1, -0.05) is 39.3 Å². The van der Waals surface area contributed by atoms with E-state index >= 15 is 0 Å². The van der Waals surface area contributed by atoms with Gasteiger partial charge in [-0.2, -0.15) is 0 Å². The maximum atomic E-state index is 14.5. The van der Waals surface area contributed by atoms with Crippen molar-refractivity contribution in [1.29, 1.82) is 0 Å². The summed E-state index contributed by atoms with van der Waals surface area (Å²) in [6.07, 6.45) is -0.177. The number of hydrogen-bond donors (Lipinski definition) is 0. The van der Waals surface area contributed by atoms with Crippen LogP contribution >= 0.6 is 11.6 Å². The number of halogens is 3. The van der Waals surface area contributed by atoms with Crippen molar-refractivity contribution < 1.29 is 18.3 Å². The van der Waals surface area contributed by atoms with E-state index < -0.39 is 28.2 Å². The zero-order valence-electron chi connectivity index (χ0n) is 14.8. The van der Waals surface area contributed by atoms with Gasteiger partial charge in [0.05, 0.1) is 6.42 Å². The molecule has 0 unspecified atom stereocenters. The van der Waals surface area contributed by atoms with E-state index in [1.165, 1.54) is 0 Å². The molecular weight excluding hydrogens is 322 g/mol. The Hall–Kier alpha value is -1.16. The highest BCUT2D eigenvalue weighted by Gasteiger charge is 2.28. The fourth-order valence-corrected chi connectivity index (χ4v) is 2.86. The second-order valence-corrected chi connectivity index (χ2v) is 7.70. The molecule has 0 spiro atoms. The van der Waals surface area contributed by atoms with Crippen molar-refractivity contribution in [3.05, 3.63) is 33.3 Å². The summed E-state index contributed by atoms with van der Waals surface area (Å²) in [4.78, 5) is 12.2.